The molecular weight excluding hydrogens is 210 g/mol. The molecule has 0 unspecified atom stereocenters. The number of hydrogen-bond acceptors (Lipinski definition) is 2. The average molecular weight is 226 g/mol. The first-order valence-corrected chi connectivity index (χ1v) is 5.38. The van der Waals surface area contributed by atoms with Crippen LogP contribution in [0.1, 0.15) is 12.5 Å². The van der Waals surface area contributed by atoms with E-state index in [-0.39, 0.29) is 5.78 Å². The molecule has 0 radical (unpaired) electrons. The Morgan fingerprint density at radius 1 is 1.33 bits per heavy atom. The van der Waals surface area contributed by atoms with Crippen molar-refractivity contribution in [3.05, 3.63) is 34.9 Å². The van der Waals surface area contributed by atoms with E-state index in [1.807, 2.05) is 36.2 Å². The van der Waals surface area contributed by atoms with Gasteiger partial charge in [0.25, 0.3) is 0 Å². The minimum atomic E-state index is 0.202. The van der Waals surface area contributed by atoms with Crippen molar-refractivity contribution >= 4 is 17.4 Å². The third kappa shape index (κ3) is 4.96. The molecule has 0 amide bonds. The maximum absolute atomic E-state index is 10.9. The highest BCUT2D eigenvalue weighted by atomic mass is 35.5. The molecule has 1 rings (SSSR count). The lowest BCUT2D eigenvalue weighted by atomic mass is 10.1. The SMILES string of the molecule is CC(=O)CN(C)CCc1ccc(Cl)cc1. The predicted molar refractivity (Wildman–Crippen MR) is 63.3 cm³/mol. The van der Waals surface area contributed by atoms with Crippen molar-refractivity contribution in [3.8, 4) is 0 Å². The van der Waals surface area contributed by atoms with Crippen LogP contribution < -0.4 is 0 Å². The fraction of sp³-hybridized carbons (Fsp3) is 0.417. The van der Waals surface area contributed by atoms with Crippen LogP contribution in [0, 0.1) is 0 Å². The number of rotatable bonds is 5. The summed E-state index contributed by atoms with van der Waals surface area (Å²) < 4.78 is 0. The zero-order chi connectivity index (χ0) is 11.3. The minimum absolute atomic E-state index is 0.202. The first kappa shape index (κ1) is 12.2. The molecule has 0 spiro atoms. The summed E-state index contributed by atoms with van der Waals surface area (Å²) >= 11 is 5.79. The van der Waals surface area contributed by atoms with E-state index in [0.717, 1.165) is 18.0 Å². The van der Waals surface area contributed by atoms with Crippen LogP contribution in [-0.4, -0.2) is 30.8 Å². The number of hydrogen-bond donors (Lipinski definition) is 0. The van der Waals surface area contributed by atoms with E-state index < -0.39 is 0 Å². The molecule has 0 aliphatic carbocycles. The maximum atomic E-state index is 10.9. The lowest BCUT2D eigenvalue weighted by Gasteiger charge is -2.14. The second-order valence-electron chi connectivity index (χ2n) is 3.82. The van der Waals surface area contributed by atoms with Crippen LogP contribution in [0.15, 0.2) is 24.3 Å². The number of nitrogens with zero attached hydrogens (tertiary/aromatic N) is 1. The van der Waals surface area contributed by atoms with E-state index in [4.69, 9.17) is 11.6 Å². The highest BCUT2D eigenvalue weighted by Gasteiger charge is 2.01. The highest BCUT2D eigenvalue weighted by Crippen LogP contribution is 2.09. The summed E-state index contributed by atoms with van der Waals surface area (Å²) in [5.74, 6) is 0.202. The van der Waals surface area contributed by atoms with Gasteiger partial charge in [-0.05, 0) is 38.1 Å². The van der Waals surface area contributed by atoms with Crippen molar-refractivity contribution in [1.82, 2.24) is 4.90 Å². The zero-order valence-electron chi connectivity index (χ0n) is 9.16. The van der Waals surface area contributed by atoms with Gasteiger partial charge < -0.3 is 0 Å². The van der Waals surface area contributed by atoms with E-state index in [0.29, 0.717) is 6.54 Å². The van der Waals surface area contributed by atoms with Crippen molar-refractivity contribution in [1.29, 1.82) is 0 Å². The number of ketones is 1. The molecule has 1 aromatic rings. The Balaban J connectivity index is 2.36. The average Bonchev–Trinajstić information content (AvgIpc) is 2.16. The van der Waals surface area contributed by atoms with Gasteiger partial charge in [0.15, 0.2) is 0 Å². The van der Waals surface area contributed by atoms with Gasteiger partial charge in [0.2, 0.25) is 0 Å². The Kier molecular flexibility index (Phi) is 4.79. The Bertz CT molecular complexity index is 321. The second-order valence-corrected chi connectivity index (χ2v) is 4.25. The molecule has 0 aliphatic rings. The van der Waals surface area contributed by atoms with Crippen molar-refractivity contribution in [2.24, 2.45) is 0 Å². The molecule has 0 heterocycles. The van der Waals surface area contributed by atoms with E-state index in [2.05, 4.69) is 0 Å². The molecule has 0 aromatic heterocycles. The summed E-state index contributed by atoms with van der Waals surface area (Å²) in [7, 11) is 1.96. The minimum Gasteiger partial charge on any atom is -0.299 e. The summed E-state index contributed by atoms with van der Waals surface area (Å²) in [6.07, 6.45) is 0.945. The van der Waals surface area contributed by atoms with Crippen LogP contribution in [0.3, 0.4) is 0 Å². The number of carbonyl (C=O) groups excluding carboxylic acids is 1. The molecule has 0 saturated heterocycles. The summed E-state index contributed by atoms with van der Waals surface area (Å²) in [6.45, 7) is 3.02. The van der Waals surface area contributed by atoms with Crippen LogP contribution in [0.5, 0.6) is 0 Å². The van der Waals surface area contributed by atoms with Gasteiger partial charge in [-0.15, -0.1) is 0 Å². The van der Waals surface area contributed by atoms with Gasteiger partial charge in [-0.3, -0.25) is 9.69 Å². The fourth-order valence-electron chi connectivity index (χ4n) is 1.43. The van der Waals surface area contributed by atoms with Gasteiger partial charge in [0.1, 0.15) is 5.78 Å². The summed E-state index contributed by atoms with van der Waals surface area (Å²) in [6, 6.07) is 7.82. The molecule has 0 bridgehead atoms. The van der Waals surface area contributed by atoms with Crippen LogP contribution in [0.4, 0.5) is 0 Å². The molecule has 0 saturated carbocycles. The molecule has 0 aliphatic heterocycles. The Hall–Kier alpha value is -0.860. The first-order chi connectivity index (χ1) is 7.08. The zero-order valence-corrected chi connectivity index (χ0v) is 9.92. The molecule has 2 nitrogen and oxygen atoms in total. The lowest BCUT2D eigenvalue weighted by molar-refractivity contribution is -0.117. The number of halogens is 1. The smallest absolute Gasteiger partial charge is 0.143 e. The molecule has 15 heavy (non-hydrogen) atoms. The van der Waals surface area contributed by atoms with Crippen LogP contribution in [-0.2, 0) is 11.2 Å². The quantitative estimate of drug-likeness (QED) is 0.767. The molecule has 1 aromatic carbocycles. The summed E-state index contributed by atoms with van der Waals surface area (Å²) in [5, 5.41) is 0.760. The maximum Gasteiger partial charge on any atom is 0.143 e. The van der Waals surface area contributed by atoms with Crippen LogP contribution in [0.25, 0.3) is 0 Å². The molecule has 0 N–H and O–H groups in total. The highest BCUT2D eigenvalue weighted by molar-refractivity contribution is 6.30. The van der Waals surface area contributed by atoms with E-state index in [1.165, 1.54) is 5.56 Å². The predicted octanol–water partition coefficient (Wildman–Crippen LogP) is 2.40. The Morgan fingerprint density at radius 3 is 2.47 bits per heavy atom. The number of carbonyl (C=O) groups is 1. The molecule has 82 valence electrons. The van der Waals surface area contributed by atoms with Gasteiger partial charge in [0, 0.05) is 11.6 Å². The first-order valence-electron chi connectivity index (χ1n) is 5.00. The molecule has 0 fully saturated rings. The van der Waals surface area contributed by atoms with Crippen molar-refractivity contribution < 1.29 is 4.79 Å². The largest absolute Gasteiger partial charge is 0.299 e. The summed E-state index contributed by atoms with van der Waals surface area (Å²) in [5.41, 5.74) is 1.25. The van der Waals surface area contributed by atoms with Gasteiger partial charge in [-0.2, -0.15) is 0 Å². The normalized spacial score (nSPS) is 10.7. The monoisotopic (exact) mass is 225 g/mol. The van der Waals surface area contributed by atoms with E-state index in [9.17, 15) is 4.79 Å². The van der Waals surface area contributed by atoms with Crippen molar-refractivity contribution in [2.45, 2.75) is 13.3 Å². The molecular formula is C12H16ClNO. The summed E-state index contributed by atoms with van der Waals surface area (Å²) in [4.78, 5) is 12.9. The molecule has 0 atom stereocenters. The van der Waals surface area contributed by atoms with Gasteiger partial charge in [-0.25, -0.2) is 0 Å². The van der Waals surface area contributed by atoms with Crippen molar-refractivity contribution in [3.63, 3.8) is 0 Å². The standard InChI is InChI=1S/C12H16ClNO/c1-10(15)9-14(2)8-7-11-3-5-12(13)6-4-11/h3-6H,7-9H2,1-2H3. The van der Waals surface area contributed by atoms with Crippen LogP contribution in [0.2, 0.25) is 5.02 Å². The van der Waals surface area contributed by atoms with Gasteiger partial charge in [0.05, 0.1) is 6.54 Å². The number of likely N-dealkylation sites (N-methyl/N-ethyl adjacent to an activating group) is 1. The third-order valence-corrected chi connectivity index (χ3v) is 2.44. The van der Waals surface area contributed by atoms with Gasteiger partial charge in [-0.1, -0.05) is 23.7 Å². The fourth-order valence-corrected chi connectivity index (χ4v) is 1.56. The third-order valence-electron chi connectivity index (χ3n) is 2.19. The number of Topliss-reactive ketones (excluding diaryl/α,β-unsaturated/α-hetero) is 1. The second kappa shape index (κ2) is 5.89. The van der Waals surface area contributed by atoms with E-state index >= 15 is 0 Å². The van der Waals surface area contributed by atoms with E-state index in [1.54, 1.807) is 6.92 Å². The molecule has 3 heteroatoms. The lowest BCUT2D eigenvalue weighted by Crippen LogP contribution is -2.26. The van der Waals surface area contributed by atoms with Crippen molar-refractivity contribution in [2.75, 3.05) is 20.1 Å². The topological polar surface area (TPSA) is 20.3 Å². The van der Waals surface area contributed by atoms with Crippen LogP contribution >= 0.6 is 11.6 Å². The number of benzene rings is 1. The van der Waals surface area contributed by atoms with Gasteiger partial charge >= 0.3 is 0 Å². The Labute approximate surface area is 95.8 Å². The Morgan fingerprint density at radius 2 is 1.93 bits per heavy atom.